The van der Waals surface area contributed by atoms with Crippen LogP contribution in [0.2, 0.25) is 0 Å². The minimum absolute atomic E-state index is 0.128. The van der Waals surface area contributed by atoms with Gasteiger partial charge in [-0.05, 0) is 37.8 Å². The Balaban J connectivity index is 2.18. The van der Waals surface area contributed by atoms with E-state index in [9.17, 15) is 29.7 Å². The van der Waals surface area contributed by atoms with E-state index in [1.54, 1.807) is 32.9 Å². The van der Waals surface area contributed by atoms with Crippen LogP contribution >= 0.6 is 0 Å². The highest BCUT2D eigenvalue weighted by atomic mass is 16.6. The molecule has 1 saturated carbocycles. The van der Waals surface area contributed by atoms with Gasteiger partial charge in [0.25, 0.3) is 0 Å². The van der Waals surface area contributed by atoms with Crippen LogP contribution in [0.25, 0.3) is 0 Å². The van der Waals surface area contributed by atoms with Gasteiger partial charge < -0.3 is 24.8 Å². The number of esters is 2. The topological polar surface area (TPSA) is 130 Å². The molecule has 8 nitrogen and oxygen atoms in total. The molecular weight excluding hydrogens is 512 g/mol. The molecular formula is C32H50O8. The van der Waals surface area contributed by atoms with Gasteiger partial charge in [-0.1, -0.05) is 72.5 Å². The normalized spacial score (nSPS) is 36.6. The van der Waals surface area contributed by atoms with Crippen molar-refractivity contribution in [1.29, 1.82) is 0 Å². The Morgan fingerprint density at radius 1 is 0.950 bits per heavy atom. The van der Waals surface area contributed by atoms with Crippen molar-refractivity contribution in [1.82, 2.24) is 0 Å². The fourth-order valence-corrected chi connectivity index (χ4v) is 7.41. The summed E-state index contributed by atoms with van der Waals surface area (Å²) in [5, 5.41) is 34.8. The third-order valence-corrected chi connectivity index (χ3v) is 10.1. The molecule has 0 saturated heterocycles. The molecule has 0 unspecified atom stereocenters. The zero-order chi connectivity index (χ0) is 30.1. The van der Waals surface area contributed by atoms with Crippen LogP contribution in [0, 0.1) is 23.2 Å². The van der Waals surface area contributed by atoms with Crippen molar-refractivity contribution in [2.45, 2.75) is 129 Å². The van der Waals surface area contributed by atoms with E-state index in [1.165, 1.54) is 0 Å². The van der Waals surface area contributed by atoms with Gasteiger partial charge in [-0.15, -0.1) is 0 Å². The lowest BCUT2D eigenvalue weighted by atomic mass is 9.47. The first-order valence-corrected chi connectivity index (χ1v) is 15.0. The number of rotatable bonds is 11. The molecule has 3 aliphatic carbocycles. The van der Waals surface area contributed by atoms with Crippen LogP contribution in [-0.2, 0) is 23.9 Å². The molecule has 0 aliphatic heterocycles. The molecule has 226 valence electrons. The van der Waals surface area contributed by atoms with E-state index in [0.717, 1.165) is 25.7 Å². The number of ether oxygens (including phenoxy) is 2. The number of hydrogen-bond acceptors (Lipinski definition) is 8. The molecule has 40 heavy (non-hydrogen) atoms. The van der Waals surface area contributed by atoms with Gasteiger partial charge in [0.05, 0.1) is 12.2 Å². The molecule has 0 aromatic carbocycles. The molecule has 0 amide bonds. The number of carbonyl (C=O) groups excluding carboxylic acids is 3. The van der Waals surface area contributed by atoms with Crippen molar-refractivity contribution in [3.8, 4) is 0 Å². The zero-order valence-corrected chi connectivity index (χ0v) is 25.4. The molecule has 3 N–H and O–H groups in total. The molecule has 3 rings (SSSR count). The van der Waals surface area contributed by atoms with Gasteiger partial charge in [-0.2, -0.15) is 0 Å². The Labute approximate surface area is 239 Å². The van der Waals surface area contributed by atoms with Crippen LogP contribution in [0.5, 0.6) is 0 Å². The lowest BCUT2D eigenvalue weighted by Gasteiger charge is -2.63. The second-order valence-corrected chi connectivity index (χ2v) is 13.0. The molecule has 0 bridgehead atoms. The third-order valence-electron chi connectivity index (χ3n) is 10.1. The van der Waals surface area contributed by atoms with Crippen LogP contribution < -0.4 is 0 Å². The predicted octanol–water partition coefficient (Wildman–Crippen LogP) is 4.58. The molecule has 0 aromatic rings. The van der Waals surface area contributed by atoms with Crippen LogP contribution in [0.3, 0.4) is 0 Å². The molecule has 0 spiro atoms. The zero-order valence-electron chi connectivity index (χ0n) is 25.4. The fraction of sp³-hybridized carbons (Fsp3) is 0.781. The predicted molar refractivity (Wildman–Crippen MR) is 151 cm³/mol. The van der Waals surface area contributed by atoms with Crippen molar-refractivity contribution in [2.75, 3.05) is 6.61 Å². The smallest absolute Gasteiger partial charge is 0.306 e. The van der Waals surface area contributed by atoms with Crippen LogP contribution in [-0.4, -0.2) is 62.6 Å². The molecule has 8 heteroatoms. The Morgan fingerprint density at radius 3 is 2.08 bits per heavy atom. The Hall–Kier alpha value is -2.03. The van der Waals surface area contributed by atoms with Crippen LogP contribution in [0.1, 0.15) is 106 Å². The summed E-state index contributed by atoms with van der Waals surface area (Å²) < 4.78 is 12.4. The first kappa shape index (κ1) is 32.5. The largest absolute Gasteiger partial charge is 0.458 e. The van der Waals surface area contributed by atoms with E-state index in [-0.39, 0.29) is 19.3 Å². The molecule has 3 aliphatic rings. The van der Waals surface area contributed by atoms with E-state index in [2.05, 4.69) is 6.92 Å². The van der Waals surface area contributed by atoms with Gasteiger partial charge >= 0.3 is 11.9 Å². The monoisotopic (exact) mass is 562 g/mol. The second kappa shape index (κ2) is 12.1. The number of carbonyl (C=O) groups is 3. The summed E-state index contributed by atoms with van der Waals surface area (Å²) in [6.45, 7) is 12.5. The van der Waals surface area contributed by atoms with Crippen LogP contribution in [0.4, 0.5) is 0 Å². The lowest BCUT2D eigenvalue weighted by molar-refractivity contribution is -0.290. The van der Waals surface area contributed by atoms with E-state index in [4.69, 9.17) is 9.47 Å². The van der Waals surface area contributed by atoms with Gasteiger partial charge in [0.1, 0.15) is 11.7 Å². The highest BCUT2D eigenvalue weighted by molar-refractivity contribution is 6.04. The average Bonchev–Trinajstić information content (AvgIpc) is 3.05. The SMILES string of the molecule is CCCCCC(=O)O[C@@H]1[C@@H](C)[C@@]2(O)[C@@H](C=C(CO)C[C@]3(O)C(=O)C(C)=C[C@@H]23)C(C)(C)[C@]1(C)OC(=O)CCCCC. The number of unbranched alkanes of at least 4 members (excludes halogenated alkanes) is 4. The summed E-state index contributed by atoms with van der Waals surface area (Å²) in [5.41, 5.74) is -5.34. The highest BCUT2D eigenvalue weighted by Gasteiger charge is 2.74. The average molecular weight is 563 g/mol. The molecule has 7 atom stereocenters. The molecule has 0 heterocycles. The van der Waals surface area contributed by atoms with Crippen molar-refractivity contribution in [3.05, 3.63) is 23.3 Å². The Kier molecular flexibility index (Phi) is 9.80. The first-order chi connectivity index (χ1) is 18.6. The fourth-order valence-electron chi connectivity index (χ4n) is 7.41. The van der Waals surface area contributed by atoms with Crippen LogP contribution in [0.15, 0.2) is 23.3 Å². The minimum atomic E-state index is -1.95. The Bertz CT molecular complexity index is 1040. The number of fused-ring (bicyclic) bond motifs is 3. The summed E-state index contributed by atoms with van der Waals surface area (Å²) in [7, 11) is 0. The summed E-state index contributed by atoms with van der Waals surface area (Å²) in [6.07, 6.45) is 7.56. The highest BCUT2D eigenvalue weighted by Crippen LogP contribution is 2.63. The van der Waals surface area contributed by atoms with Gasteiger partial charge in [0.2, 0.25) is 0 Å². The van der Waals surface area contributed by atoms with Gasteiger partial charge in [-0.3, -0.25) is 14.4 Å². The number of aliphatic hydroxyl groups excluding tert-OH is 1. The quantitative estimate of drug-likeness (QED) is 0.189. The Morgan fingerprint density at radius 2 is 1.52 bits per heavy atom. The number of Topliss-reactive ketones (excluding diaryl/α,β-unsaturated/α-hetero) is 1. The van der Waals surface area contributed by atoms with Gasteiger partial charge in [0.15, 0.2) is 11.4 Å². The van der Waals surface area contributed by atoms with Gasteiger partial charge in [-0.25, -0.2) is 0 Å². The van der Waals surface area contributed by atoms with Crippen molar-refractivity contribution in [2.24, 2.45) is 23.2 Å². The number of hydrogen-bond donors (Lipinski definition) is 3. The van der Waals surface area contributed by atoms with E-state index in [1.807, 2.05) is 20.8 Å². The maximum atomic E-state index is 13.3. The summed E-state index contributed by atoms with van der Waals surface area (Å²) in [4.78, 5) is 39.6. The van der Waals surface area contributed by atoms with E-state index < -0.39 is 70.4 Å². The van der Waals surface area contributed by atoms with E-state index >= 15 is 0 Å². The maximum absolute atomic E-state index is 13.3. The molecule has 1 fully saturated rings. The number of aliphatic hydroxyl groups is 3. The molecule has 0 aromatic heterocycles. The second-order valence-electron chi connectivity index (χ2n) is 13.0. The number of ketones is 1. The standard InChI is InChI=1S/C32H50O8/c1-8-10-12-14-25(34)39-28-21(4)32(38)23(29(5,6)30(28,7)40-26(35)15-13-11-9-2)17-22(19-33)18-31(37)24(32)16-20(3)27(31)36/h16-17,21,23-24,28,33,37-38H,8-15,18-19H2,1-7H3/t21-,23+,24-,28-,30-,31-,32-/m1/s1. The third kappa shape index (κ3) is 5.32. The van der Waals surface area contributed by atoms with E-state index in [0.29, 0.717) is 24.0 Å². The van der Waals surface area contributed by atoms with Crippen molar-refractivity contribution in [3.63, 3.8) is 0 Å². The maximum Gasteiger partial charge on any atom is 0.306 e. The summed E-state index contributed by atoms with van der Waals surface area (Å²) in [6, 6.07) is 0. The van der Waals surface area contributed by atoms with Crippen molar-refractivity contribution < 1.29 is 39.2 Å². The molecule has 0 radical (unpaired) electrons. The minimum Gasteiger partial charge on any atom is -0.458 e. The lowest BCUT2D eigenvalue weighted by Crippen LogP contribution is -2.75. The summed E-state index contributed by atoms with van der Waals surface area (Å²) >= 11 is 0. The van der Waals surface area contributed by atoms with Crippen molar-refractivity contribution >= 4 is 17.7 Å². The summed E-state index contributed by atoms with van der Waals surface area (Å²) in [5.74, 6) is -3.94. The van der Waals surface area contributed by atoms with Gasteiger partial charge in [0, 0.05) is 42.4 Å². The first-order valence-electron chi connectivity index (χ1n) is 15.0.